The molecule has 6 heteroatoms. The molecule has 0 radical (unpaired) electrons. The van der Waals surface area contributed by atoms with Crippen molar-refractivity contribution < 1.29 is 19.3 Å². The van der Waals surface area contributed by atoms with Gasteiger partial charge in [-0.25, -0.2) is 4.99 Å². The van der Waals surface area contributed by atoms with Gasteiger partial charge in [0.05, 0.1) is 11.3 Å². The van der Waals surface area contributed by atoms with Gasteiger partial charge in [-0.1, -0.05) is 36.4 Å². The van der Waals surface area contributed by atoms with Crippen LogP contribution in [0.1, 0.15) is 44.7 Å². The molecule has 2 heterocycles. The van der Waals surface area contributed by atoms with Crippen LogP contribution in [0.15, 0.2) is 54.6 Å². The van der Waals surface area contributed by atoms with Gasteiger partial charge in [0.25, 0.3) is 5.69 Å². The highest BCUT2D eigenvalue weighted by Gasteiger charge is 2.41. The molecule has 0 saturated carbocycles. The lowest BCUT2D eigenvalue weighted by atomic mass is 9.81. The quantitative estimate of drug-likeness (QED) is 0.668. The number of ketones is 2. The standard InChI is InChI=1S/C26H23N3O3/c30-25-16-7-1-2-8-17(16)26(31)23-22(25)19(27-11-14-29-12-5-6-13-29)15-21-24(23)28-18-9-3-4-10-20(18)32-21/h1-4,7-10,15,20,27H,5-6,11-14H2/p+1. The van der Waals surface area contributed by atoms with Crippen LogP contribution in [-0.2, 0) is 0 Å². The molecule has 2 aromatic rings. The minimum absolute atomic E-state index is 0.130. The Morgan fingerprint density at radius 1 is 1.03 bits per heavy atom. The third kappa shape index (κ3) is 3.02. The van der Waals surface area contributed by atoms with Crippen molar-refractivity contribution in [3.8, 4) is 5.75 Å². The van der Waals surface area contributed by atoms with Crippen LogP contribution in [0.25, 0.3) is 0 Å². The number of nitrogens with zero attached hydrogens (tertiary/aromatic N) is 1. The fraction of sp³-hybridized carbons (Fsp3) is 0.269. The second-order valence-corrected chi connectivity index (χ2v) is 8.59. The van der Waals surface area contributed by atoms with Gasteiger partial charge in [-0.3, -0.25) is 9.59 Å². The van der Waals surface area contributed by atoms with Crippen LogP contribution < -0.4 is 15.0 Å². The molecule has 2 aromatic carbocycles. The second kappa shape index (κ2) is 7.57. The number of hydrogen-bond donors (Lipinski definition) is 2. The number of likely N-dealkylation sites (tertiary alicyclic amines) is 1. The average Bonchev–Trinajstić information content (AvgIpc) is 3.34. The monoisotopic (exact) mass is 426 g/mol. The summed E-state index contributed by atoms with van der Waals surface area (Å²) < 4.78 is 6.24. The third-order valence-corrected chi connectivity index (χ3v) is 6.61. The molecule has 32 heavy (non-hydrogen) atoms. The molecule has 0 amide bonds. The van der Waals surface area contributed by atoms with E-state index in [0.717, 1.165) is 25.3 Å². The number of carbonyl (C=O) groups is 2. The number of rotatable bonds is 4. The maximum atomic E-state index is 13.6. The van der Waals surface area contributed by atoms with Gasteiger partial charge in [0.2, 0.25) is 17.6 Å². The highest BCUT2D eigenvalue weighted by Crippen LogP contribution is 2.41. The Morgan fingerprint density at radius 3 is 2.56 bits per heavy atom. The molecule has 2 aliphatic heterocycles. The lowest BCUT2D eigenvalue weighted by Gasteiger charge is -2.26. The summed E-state index contributed by atoms with van der Waals surface area (Å²) in [6, 6.07) is 8.92. The first-order chi connectivity index (χ1) is 15.7. The predicted octanol–water partition coefficient (Wildman–Crippen LogP) is 2.01. The first-order valence-corrected chi connectivity index (χ1v) is 11.2. The molecule has 4 aliphatic rings. The van der Waals surface area contributed by atoms with E-state index in [1.807, 2.05) is 30.4 Å². The van der Waals surface area contributed by atoms with Crippen LogP contribution in [0.2, 0.25) is 0 Å². The molecule has 1 unspecified atom stereocenters. The van der Waals surface area contributed by atoms with Crippen molar-refractivity contribution in [3.63, 3.8) is 0 Å². The van der Waals surface area contributed by atoms with E-state index in [1.54, 1.807) is 24.3 Å². The van der Waals surface area contributed by atoms with Crippen molar-refractivity contribution in [1.82, 2.24) is 4.90 Å². The van der Waals surface area contributed by atoms with E-state index in [9.17, 15) is 9.59 Å². The molecule has 160 valence electrons. The summed E-state index contributed by atoms with van der Waals surface area (Å²) in [5.41, 5.74) is 3.81. The van der Waals surface area contributed by atoms with Gasteiger partial charge in [-0.2, -0.15) is 0 Å². The molecule has 0 bridgehead atoms. The van der Waals surface area contributed by atoms with Crippen molar-refractivity contribution in [3.05, 3.63) is 76.9 Å². The molecule has 1 saturated heterocycles. The largest absolute Gasteiger partial charge is 0.468 e. The molecular weight excluding hydrogens is 402 g/mol. The summed E-state index contributed by atoms with van der Waals surface area (Å²) in [4.78, 5) is 33.0. The molecular formula is C26H24N3O3+. The van der Waals surface area contributed by atoms with E-state index >= 15 is 0 Å². The highest BCUT2D eigenvalue weighted by atomic mass is 16.5. The van der Waals surface area contributed by atoms with Crippen molar-refractivity contribution in [2.24, 2.45) is 0 Å². The van der Waals surface area contributed by atoms with Gasteiger partial charge < -0.3 is 15.0 Å². The molecule has 1 atom stereocenters. The molecule has 2 aliphatic carbocycles. The van der Waals surface area contributed by atoms with E-state index in [-0.39, 0.29) is 17.7 Å². The first kappa shape index (κ1) is 19.2. The van der Waals surface area contributed by atoms with Crippen LogP contribution in [0.4, 0.5) is 11.4 Å². The van der Waals surface area contributed by atoms with Crippen molar-refractivity contribution in [2.45, 2.75) is 18.9 Å². The topological polar surface area (TPSA) is 72.6 Å². The van der Waals surface area contributed by atoms with E-state index in [4.69, 9.17) is 4.74 Å². The molecule has 6 rings (SSSR count). The third-order valence-electron chi connectivity index (χ3n) is 6.61. The predicted molar refractivity (Wildman–Crippen MR) is 122 cm³/mol. The van der Waals surface area contributed by atoms with E-state index in [0.29, 0.717) is 45.9 Å². The minimum atomic E-state index is -0.232. The minimum Gasteiger partial charge on any atom is -0.468 e. The average molecular weight is 426 g/mol. The number of benzene rings is 2. The lowest BCUT2D eigenvalue weighted by molar-refractivity contribution is -0.362. The Balaban J connectivity index is 1.47. The van der Waals surface area contributed by atoms with Gasteiger partial charge in [-0.05, 0) is 32.0 Å². The van der Waals surface area contributed by atoms with E-state index < -0.39 is 0 Å². The fourth-order valence-electron chi connectivity index (χ4n) is 5.00. The summed E-state index contributed by atoms with van der Waals surface area (Å²) >= 11 is 0. The van der Waals surface area contributed by atoms with Crippen molar-refractivity contribution in [1.29, 1.82) is 0 Å². The Kier molecular flexibility index (Phi) is 4.54. The summed E-state index contributed by atoms with van der Waals surface area (Å²) in [6.07, 6.45) is 10.0. The number of nitrogens with one attached hydrogen (secondary N) is 2. The molecule has 0 spiro atoms. The van der Waals surface area contributed by atoms with Gasteiger partial charge in [-0.15, -0.1) is 0 Å². The maximum absolute atomic E-state index is 13.6. The molecule has 0 aromatic heterocycles. The maximum Gasteiger partial charge on any atom is 0.258 e. The summed E-state index contributed by atoms with van der Waals surface area (Å²) in [6.45, 7) is 3.83. The number of ether oxygens (including phenoxy) is 1. The smallest absolute Gasteiger partial charge is 0.258 e. The van der Waals surface area contributed by atoms with E-state index in [1.165, 1.54) is 12.8 Å². The number of carbonyl (C=O) groups excluding carboxylic acids is 2. The molecule has 2 N–H and O–H groups in total. The highest BCUT2D eigenvalue weighted by molar-refractivity contribution is 6.32. The first-order valence-electron chi connectivity index (χ1n) is 11.2. The Bertz CT molecular complexity index is 1240. The molecule has 1 fully saturated rings. The van der Waals surface area contributed by atoms with Crippen LogP contribution in [-0.4, -0.2) is 54.5 Å². The number of anilines is 1. The van der Waals surface area contributed by atoms with Crippen molar-refractivity contribution in [2.75, 3.05) is 31.5 Å². The SMILES string of the molecule is O=C1c2ccccc2C(=O)c2c3c(cc(NCCN4CCCC4)c21)OC1C=CC=CC1=[NH+]3. The molecule has 6 nitrogen and oxygen atoms in total. The van der Waals surface area contributed by atoms with Gasteiger partial charge >= 0.3 is 0 Å². The van der Waals surface area contributed by atoms with Crippen LogP contribution >= 0.6 is 0 Å². The Morgan fingerprint density at radius 2 is 1.78 bits per heavy atom. The zero-order valence-corrected chi connectivity index (χ0v) is 17.7. The zero-order chi connectivity index (χ0) is 21.7. The summed E-state index contributed by atoms with van der Waals surface area (Å²) in [7, 11) is 0. The summed E-state index contributed by atoms with van der Waals surface area (Å²) in [5, 5.41) is 3.44. The fourth-order valence-corrected chi connectivity index (χ4v) is 5.00. The lowest BCUT2D eigenvalue weighted by Crippen LogP contribution is -2.72. The number of allylic oxidation sites excluding steroid dienone is 2. The van der Waals surface area contributed by atoms with Crippen LogP contribution in [0.3, 0.4) is 0 Å². The Labute approximate surface area is 186 Å². The van der Waals surface area contributed by atoms with Gasteiger partial charge in [0, 0.05) is 36.4 Å². The second-order valence-electron chi connectivity index (χ2n) is 8.59. The van der Waals surface area contributed by atoms with Crippen LogP contribution in [0, 0.1) is 0 Å². The Hall–Kier alpha value is -3.51. The normalized spacial score (nSPS) is 20.8. The van der Waals surface area contributed by atoms with Gasteiger partial charge in [0.15, 0.2) is 11.5 Å². The van der Waals surface area contributed by atoms with E-state index in [2.05, 4.69) is 15.2 Å². The van der Waals surface area contributed by atoms with Crippen LogP contribution in [0.5, 0.6) is 5.75 Å². The van der Waals surface area contributed by atoms with Crippen molar-refractivity contribution >= 4 is 28.7 Å². The number of hydrogen-bond acceptors (Lipinski definition) is 5. The zero-order valence-electron chi connectivity index (χ0n) is 17.7. The van der Waals surface area contributed by atoms with Gasteiger partial charge in [0.1, 0.15) is 5.56 Å². The number of fused-ring (bicyclic) bond motifs is 5. The summed E-state index contributed by atoms with van der Waals surface area (Å²) in [5.74, 6) is 0.302.